The molecule has 0 atom stereocenters. The highest BCUT2D eigenvalue weighted by Gasteiger charge is 2.18. The van der Waals surface area contributed by atoms with E-state index in [2.05, 4.69) is 26.4 Å². The topological polar surface area (TPSA) is 127 Å². The van der Waals surface area contributed by atoms with Crippen LogP contribution in [0.1, 0.15) is 26.5 Å². The number of carbonyl (C=O) groups excluding carboxylic acids is 2. The Balaban J connectivity index is 2.01. The summed E-state index contributed by atoms with van der Waals surface area (Å²) in [5.41, 5.74) is 5.90. The minimum absolute atomic E-state index is 0.102. The van der Waals surface area contributed by atoms with Gasteiger partial charge in [0.05, 0.1) is 21.3 Å². The molecular formula is C16H19N5O5S. The maximum Gasteiger partial charge on any atom is 0.290 e. The number of aromatic nitrogens is 2. The van der Waals surface area contributed by atoms with Crippen LogP contribution in [0.25, 0.3) is 0 Å². The van der Waals surface area contributed by atoms with E-state index in [0.717, 1.165) is 5.69 Å². The van der Waals surface area contributed by atoms with Crippen molar-refractivity contribution in [1.29, 1.82) is 0 Å². The Hall–Kier alpha value is -3.34. The number of ether oxygens (including phenoxy) is 3. The van der Waals surface area contributed by atoms with Crippen LogP contribution >= 0.6 is 12.2 Å². The molecule has 0 saturated heterocycles. The van der Waals surface area contributed by atoms with Crippen LogP contribution in [0.5, 0.6) is 17.2 Å². The van der Waals surface area contributed by atoms with Crippen molar-refractivity contribution in [2.24, 2.45) is 0 Å². The van der Waals surface area contributed by atoms with Crippen LogP contribution in [0.2, 0.25) is 0 Å². The Morgan fingerprint density at radius 3 is 2.11 bits per heavy atom. The van der Waals surface area contributed by atoms with E-state index in [1.165, 1.54) is 33.5 Å². The fourth-order valence-corrected chi connectivity index (χ4v) is 2.27. The summed E-state index contributed by atoms with van der Waals surface area (Å²) >= 11 is 5.00. The van der Waals surface area contributed by atoms with E-state index >= 15 is 0 Å². The Bertz CT molecular complexity index is 842. The van der Waals surface area contributed by atoms with E-state index in [1.54, 1.807) is 13.0 Å². The minimum atomic E-state index is -0.531. The second kappa shape index (κ2) is 8.85. The van der Waals surface area contributed by atoms with Crippen LogP contribution in [-0.2, 0) is 0 Å². The second-order valence-electron chi connectivity index (χ2n) is 5.21. The molecule has 1 heterocycles. The summed E-state index contributed by atoms with van der Waals surface area (Å²) in [7, 11) is 4.34. The first kappa shape index (κ1) is 20.0. The number of hydrazine groups is 1. The molecule has 0 saturated carbocycles. The lowest BCUT2D eigenvalue weighted by molar-refractivity contribution is 0.0930. The summed E-state index contributed by atoms with van der Waals surface area (Å²) in [4.78, 5) is 24.3. The van der Waals surface area contributed by atoms with E-state index in [0.29, 0.717) is 17.2 Å². The summed E-state index contributed by atoms with van der Waals surface area (Å²) in [6.45, 7) is 1.76. The van der Waals surface area contributed by atoms with Crippen molar-refractivity contribution < 1.29 is 23.8 Å². The Labute approximate surface area is 160 Å². The van der Waals surface area contributed by atoms with Gasteiger partial charge in [-0.05, 0) is 37.3 Å². The lowest BCUT2D eigenvalue weighted by Gasteiger charge is -2.14. The molecule has 4 N–H and O–H groups in total. The zero-order valence-electron chi connectivity index (χ0n) is 15.1. The van der Waals surface area contributed by atoms with Crippen molar-refractivity contribution in [3.63, 3.8) is 0 Å². The third kappa shape index (κ3) is 4.85. The van der Waals surface area contributed by atoms with Gasteiger partial charge in [0, 0.05) is 11.3 Å². The zero-order valence-corrected chi connectivity index (χ0v) is 15.9. The average Bonchev–Trinajstić information content (AvgIpc) is 3.11. The Kier molecular flexibility index (Phi) is 6.55. The fraction of sp³-hybridized carbons (Fsp3) is 0.250. The number of amides is 2. The molecule has 0 aliphatic heterocycles. The molecule has 144 valence electrons. The number of hydrogen-bond donors (Lipinski definition) is 4. The second-order valence-corrected chi connectivity index (χ2v) is 5.62. The number of benzene rings is 1. The van der Waals surface area contributed by atoms with Crippen LogP contribution in [0, 0.1) is 6.92 Å². The average molecular weight is 393 g/mol. The zero-order chi connectivity index (χ0) is 20.0. The van der Waals surface area contributed by atoms with Gasteiger partial charge in [-0.2, -0.15) is 5.10 Å². The number of aromatic amines is 1. The lowest BCUT2D eigenvalue weighted by Crippen LogP contribution is -2.48. The highest BCUT2D eigenvalue weighted by molar-refractivity contribution is 7.80. The summed E-state index contributed by atoms with van der Waals surface area (Å²) in [5, 5.41) is 8.79. The van der Waals surface area contributed by atoms with E-state index in [9.17, 15) is 9.59 Å². The monoisotopic (exact) mass is 393 g/mol. The molecule has 11 heteroatoms. The molecule has 0 radical (unpaired) electrons. The van der Waals surface area contributed by atoms with E-state index in [4.69, 9.17) is 26.4 Å². The molecule has 2 rings (SSSR count). The predicted octanol–water partition coefficient (Wildman–Crippen LogP) is 0.693. The van der Waals surface area contributed by atoms with Crippen molar-refractivity contribution >= 4 is 29.1 Å². The van der Waals surface area contributed by atoms with Crippen molar-refractivity contribution in [2.75, 3.05) is 21.3 Å². The van der Waals surface area contributed by atoms with Gasteiger partial charge < -0.3 is 14.2 Å². The standard InChI is InChI=1S/C16H19N5O5S/c1-8-5-10(19-18-8)15(23)20-21-16(27)17-14(22)9-6-11(24-2)13(26-4)12(7-9)25-3/h5-7H,1-4H3,(H,18,19)(H,20,23)(H2,17,21,22,27). The quantitative estimate of drug-likeness (QED) is 0.432. The highest BCUT2D eigenvalue weighted by Crippen LogP contribution is 2.38. The van der Waals surface area contributed by atoms with E-state index < -0.39 is 11.8 Å². The Morgan fingerprint density at radius 1 is 1.00 bits per heavy atom. The van der Waals surface area contributed by atoms with Gasteiger partial charge in [-0.1, -0.05) is 0 Å². The SMILES string of the molecule is COc1cc(C(=O)NC(=S)NNC(=O)c2cc(C)[nH]n2)cc(OC)c1OC. The first-order valence-electron chi connectivity index (χ1n) is 7.63. The summed E-state index contributed by atoms with van der Waals surface area (Å²) < 4.78 is 15.6. The fourth-order valence-electron chi connectivity index (χ4n) is 2.13. The van der Waals surface area contributed by atoms with Gasteiger partial charge >= 0.3 is 0 Å². The van der Waals surface area contributed by atoms with Crippen molar-refractivity contribution in [3.8, 4) is 17.2 Å². The number of thiocarbonyl (C=S) groups is 1. The molecule has 0 spiro atoms. The number of carbonyl (C=O) groups is 2. The molecule has 0 aliphatic carbocycles. The highest BCUT2D eigenvalue weighted by atomic mass is 32.1. The van der Waals surface area contributed by atoms with Gasteiger partial charge in [0.2, 0.25) is 5.75 Å². The van der Waals surface area contributed by atoms with Gasteiger partial charge in [0.1, 0.15) is 0 Å². The molecule has 2 amide bonds. The number of aryl methyl sites for hydroxylation is 1. The summed E-state index contributed by atoms with van der Waals surface area (Å²) in [5.74, 6) is -0.0367. The first-order valence-corrected chi connectivity index (χ1v) is 8.04. The minimum Gasteiger partial charge on any atom is -0.493 e. The molecule has 0 fully saturated rings. The van der Waals surface area contributed by atoms with Crippen LogP contribution in [0.4, 0.5) is 0 Å². The molecule has 10 nitrogen and oxygen atoms in total. The number of methoxy groups -OCH3 is 3. The van der Waals surface area contributed by atoms with Gasteiger partial charge in [-0.25, -0.2) is 0 Å². The third-order valence-corrected chi connectivity index (χ3v) is 3.59. The first-order chi connectivity index (χ1) is 12.9. The lowest BCUT2D eigenvalue weighted by atomic mass is 10.1. The summed E-state index contributed by atoms with van der Waals surface area (Å²) in [6, 6.07) is 4.52. The van der Waals surface area contributed by atoms with Crippen molar-refractivity contribution in [3.05, 3.63) is 35.2 Å². The van der Waals surface area contributed by atoms with E-state index in [-0.39, 0.29) is 16.4 Å². The van der Waals surface area contributed by atoms with Gasteiger partial charge in [-0.3, -0.25) is 30.9 Å². The maximum absolute atomic E-state index is 12.4. The number of H-pyrrole nitrogens is 1. The van der Waals surface area contributed by atoms with Crippen LogP contribution < -0.4 is 30.4 Å². The molecule has 27 heavy (non-hydrogen) atoms. The largest absolute Gasteiger partial charge is 0.493 e. The molecule has 1 aromatic carbocycles. The molecule has 0 unspecified atom stereocenters. The number of hydrogen-bond acceptors (Lipinski definition) is 7. The number of nitrogens with zero attached hydrogens (tertiary/aromatic N) is 1. The normalized spacial score (nSPS) is 9.93. The van der Waals surface area contributed by atoms with Crippen LogP contribution in [0.3, 0.4) is 0 Å². The van der Waals surface area contributed by atoms with Crippen molar-refractivity contribution in [2.45, 2.75) is 6.92 Å². The van der Waals surface area contributed by atoms with Crippen molar-refractivity contribution in [1.82, 2.24) is 26.4 Å². The Morgan fingerprint density at radius 2 is 1.63 bits per heavy atom. The number of nitrogens with one attached hydrogen (secondary N) is 4. The predicted molar refractivity (Wildman–Crippen MR) is 100 cm³/mol. The molecule has 2 aromatic rings. The number of rotatable bonds is 5. The van der Waals surface area contributed by atoms with Crippen LogP contribution in [-0.4, -0.2) is 48.5 Å². The van der Waals surface area contributed by atoms with Gasteiger partial charge in [0.15, 0.2) is 22.3 Å². The molecule has 0 aliphatic rings. The molecule has 1 aromatic heterocycles. The van der Waals surface area contributed by atoms with E-state index in [1.807, 2.05) is 0 Å². The maximum atomic E-state index is 12.4. The van der Waals surface area contributed by atoms with Crippen LogP contribution in [0.15, 0.2) is 18.2 Å². The molecule has 0 bridgehead atoms. The third-order valence-electron chi connectivity index (χ3n) is 3.38. The smallest absolute Gasteiger partial charge is 0.290 e. The summed E-state index contributed by atoms with van der Waals surface area (Å²) in [6.07, 6.45) is 0. The van der Waals surface area contributed by atoms with Gasteiger partial charge in [-0.15, -0.1) is 0 Å². The molecular weight excluding hydrogens is 374 g/mol. The van der Waals surface area contributed by atoms with Gasteiger partial charge in [0.25, 0.3) is 11.8 Å².